The molecule has 4 aliphatic carbocycles. The van der Waals surface area contributed by atoms with Crippen LogP contribution in [0.5, 0.6) is 0 Å². The molecule has 0 saturated heterocycles. The van der Waals surface area contributed by atoms with E-state index in [0.29, 0.717) is 0 Å². The van der Waals surface area contributed by atoms with Crippen LogP contribution in [0.3, 0.4) is 0 Å². The molecule has 0 radical (unpaired) electrons. The van der Waals surface area contributed by atoms with Gasteiger partial charge in [-0.3, -0.25) is 0 Å². The van der Waals surface area contributed by atoms with Crippen molar-refractivity contribution in [3.63, 3.8) is 0 Å². The Bertz CT molecular complexity index is 376. The van der Waals surface area contributed by atoms with E-state index in [9.17, 15) is 0 Å². The van der Waals surface area contributed by atoms with E-state index in [2.05, 4.69) is 19.1 Å². The monoisotopic (exact) mass is 256 g/mol. The Morgan fingerprint density at radius 3 is 1.74 bits per heavy atom. The van der Waals surface area contributed by atoms with Gasteiger partial charge in [-0.25, -0.2) is 0 Å². The quantitative estimate of drug-likeness (QED) is 0.536. The van der Waals surface area contributed by atoms with Gasteiger partial charge in [0.2, 0.25) is 0 Å². The summed E-state index contributed by atoms with van der Waals surface area (Å²) in [6.07, 6.45) is 18.4. The van der Waals surface area contributed by atoms with Crippen LogP contribution in [0.25, 0.3) is 0 Å². The van der Waals surface area contributed by atoms with Crippen LogP contribution >= 0.6 is 0 Å². The van der Waals surface area contributed by atoms with Crippen molar-refractivity contribution in [3.05, 3.63) is 23.3 Å². The maximum atomic E-state index is 2.61. The van der Waals surface area contributed by atoms with E-state index in [1.165, 1.54) is 57.8 Å². The molecule has 0 bridgehead atoms. The molecular formula is C19H28. The first-order valence-electron chi connectivity index (χ1n) is 8.76. The molecule has 0 aromatic heterocycles. The first-order chi connectivity index (χ1) is 9.36. The maximum Gasteiger partial charge on any atom is -0.0131 e. The molecule has 4 atom stereocenters. The minimum atomic E-state index is 0.933. The highest BCUT2D eigenvalue weighted by Gasteiger charge is 2.45. The molecule has 19 heavy (non-hydrogen) atoms. The Kier molecular flexibility index (Phi) is 3.09. The van der Waals surface area contributed by atoms with Gasteiger partial charge in [0.15, 0.2) is 0 Å². The lowest BCUT2D eigenvalue weighted by Crippen LogP contribution is -2.31. The van der Waals surface area contributed by atoms with Gasteiger partial charge in [-0.2, -0.15) is 0 Å². The molecule has 4 rings (SSSR count). The molecule has 0 heteroatoms. The summed E-state index contributed by atoms with van der Waals surface area (Å²) in [6.45, 7) is 2.61. The number of hydrogen-bond acceptors (Lipinski definition) is 0. The zero-order valence-corrected chi connectivity index (χ0v) is 12.4. The van der Waals surface area contributed by atoms with Crippen LogP contribution in [0.2, 0.25) is 0 Å². The average molecular weight is 256 g/mol. The van der Waals surface area contributed by atoms with Gasteiger partial charge in [-0.05, 0) is 72.8 Å². The lowest BCUT2D eigenvalue weighted by atomic mass is 9.66. The Hall–Kier alpha value is -0.520. The fourth-order valence-electron chi connectivity index (χ4n) is 5.95. The molecule has 0 aromatic carbocycles. The number of rotatable bonds is 0. The summed E-state index contributed by atoms with van der Waals surface area (Å²) in [6, 6.07) is 0. The van der Waals surface area contributed by atoms with Gasteiger partial charge in [0, 0.05) is 0 Å². The Morgan fingerprint density at radius 2 is 1.21 bits per heavy atom. The lowest BCUT2D eigenvalue weighted by Gasteiger charge is -2.39. The molecule has 3 saturated carbocycles. The molecule has 0 spiro atoms. The summed E-state index contributed by atoms with van der Waals surface area (Å²) in [5.74, 6) is 4.86. The zero-order chi connectivity index (χ0) is 12.8. The highest BCUT2D eigenvalue weighted by atomic mass is 14.5. The summed E-state index contributed by atoms with van der Waals surface area (Å²) >= 11 is 0. The van der Waals surface area contributed by atoms with Crippen molar-refractivity contribution in [2.75, 3.05) is 0 Å². The van der Waals surface area contributed by atoms with E-state index in [4.69, 9.17) is 0 Å². The normalized spacial score (nSPS) is 45.4. The minimum absolute atomic E-state index is 0.933. The van der Waals surface area contributed by atoms with E-state index in [0.717, 1.165) is 29.6 Å². The SMILES string of the molecule is CC1C2CCCCC2C2=CCC=C2C2CCCCC21. The highest BCUT2D eigenvalue weighted by Crippen LogP contribution is 2.55. The summed E-state index contributed by atoms with van der Waals surface area (Å²) in [5, 5.41) is 0. The summed E-state index contributed by atoms with van der Waals surface area (Å²) in [5.41, 5.74) is 3.65. The van der Waals surface area contributed by atoms with Crippen molar-refractivity contribution >= 4 is 0 Å². The van der Waals surface area contributed by atoms with Gasteiger partial charge in [-0.15, -0.1) is 0 Å². The van der Waals surface area contributed by atoms with Crippen LogP contribution in [0.4, 0.5) is 0 Å². The van der Waals surface area contributed by atoms with E-state index < -0.39 is 0 Å². The number of hydrogen-bond donors (Lipinski definition) is 0. The Morgan fingerprint density at radius 1 is 0.737 bits per heavy atom. The molecule has 3 fully saturated rings. The lowest BCUT2D eigenvalue weighted by molar-refractivity contribution is 0.115. The third-order valence-electron chi connectivity index (χ3n) is 6.80. The fourth-order valence-corrected chi connectivity index (χ4v) is 5.95. The molecule has 0 amide bonds. The Labute approximate surface area is 118 Å². The van der Waals surface area contributed by atoms with Crippen molar-refractivity contribution in [1.82, 2.24) is 0 Å². The molecule has 0 nitrogen and oxygen atoms in total. The molecule has 0 heterocycles. The smallest absolute Gasteiger partial charge is 0.0131 e. The molecule has 104 valence electrons. The van der Waals surface area contributed by atoms with Gasteiger partial charge >= 0.3 is 0 Å². The molecule has 4 aliphatic rings. The minimum Gasteiger partial charge on any atom is -0.0769 e. The average Bonchev–Trinajstić information content (AvgIpc) is 2.92. The first-order valence-corrected chi connectivity index (χ1v) is 8.76. The van der Waals surface area contributed by atoms with Crippen LogP contribution in [0.15, 0.2) is 23.3 Å². The van der Waals surface area contributed by atoms with Crippen molar-refractivity contribution in [1.29, 1.82) is 0 Å². The maximum absolute atomic E-state index is 2.61. The number of fused-ring (bicyclic) bond motifs is 5. The predicted molar refractivity (Wildman–Crippen MR) is 80.8 cm³/mol. The molecule has 0 aromatic rings. The van der Waals surface area contributed by atoms with Crippen LogP contribution < -0.4 is 0 Å². The van der Waals surface area contributed by atoms with Crippen molar-refractivity contribution in [2.24, 2.45) is 29.6 Å². The molecule has 4 unspecified atom stereocenters. The molecular weight excluding hydrogens is 228 g/mol. The van der Waals surface area contributed by atoms with Gasteiger partial charge in [-0.1, -0.05) is 44.8 Å². The zero-order valence-electron chi connectivity index (χ0n) is 12.4. The van der Waals surface area contributed by atoms with Gasteiger partial charge in [0.05, 0.1) is 0 Å². The summed E-state index contributed by atoms with van der Waals surface area (Å²) in [4.78, 5) is 0. The van der Waals surface area contributed by atoms with E-state index in [1.807, 2.05) is 11.1 Å². The van der Waals surface area contributed by atoms with Crippen LogP contribution in [-0.2, 0) is 0 Å². The summed E-state index contributed by atoms with van der Waals surface area (Å²) in [7, 11) is 0. The first kappa shape index (κ1) is 12.2. The van der Waals surface area contributed by atoms with E-state index in [-0.39, 0.29) is 0 Å². The van der Waals surface area contributed by atoms with E-state index in [1.54, 1.807) is 0 Å². The van der Waals surface area contributed by atoms with Gasteiger partial charge < -0.3 is 0 Å². The third-order valence-corrected chi connectivity index (χ3v) is 6.80. The third kappa shape index (κ3) is 1.86. The van der Waals surface area contributed by atoms with Crippen LogP contribution in [0.1, 0.15) is 64.7 Å². The fraction of sp³-hybridized carbons (Fsp3) is 0.789. The Balaban J connectivity index is 1.76. The van der Waals surface area contributed by atoms with Crippen molar-refractivity contribution < 1.29 is 0 Å². The van der Waals surface area contributed by atoms with Crippen LogP contribution in [0, 0.1) is 29.6 Å². The van der Waals surface area contributed by atoms with E-state index >= 15 is 0 Å². The summed E-state index contributed by atoms with van der Waals surface area (Å²) < 4.78 is 0. The second-order valence-corrected chi connectivity index (χ2v) is 7.52. The second kappa shape index (κ2) is 4.79. The van der Waals surface area contributed by atoms with Crippen LogP contribution in [-0.4, -0.2) is 0 Å². The van der Waals surface area contributed by atoms with Gasteiger partial charge in [0.25, 0.3) is 0 Å². The number of allylic oxidation sites excluding steroid dienone is 4. The predicted octanol–water partition coefficient (Wildman–Crippen LogP) is 5.51. The van der Waals surface area contributed by atoms with Crippen molar-refractivity contribution in [2.45, 2.75) is 64.7 Å². The van der Waals surface area contributed by atoms with Crippen molar-refractivity contribution in [3.8, 4) is 0 Å². The largest absolute Gasteiger partial charge is 0.0769 e. The van der Waals surface area contributed by atoms with Gasteiger partial charge in [0.1, 0.15) is 0 Å². The molecule has 0 N–H and O–H groups in total. The molecule has 0 aliphatic heterocycles. The standard InChI is InChI=1S/C19H28/c1-13-14-7-2-4-9-16(14)18-11-6-12-19(18)17-10-5-3-8-15(13)17/h11-17H,2-10H2,1H3. The highest BCUT2D eigenvalue weighted by molar-refractivity contribution is 5.43. The topological polar surface area (TPSA) is 0 Å². The second-order valence-electron chi connectivity index (χ2n) is 7.52.